The maximum Gasteiger partial charge on any atom is 0.387 e. The number of hydrogen-bond donors (Lipinski definition) is 0. The fourth-order valence-corrected chi connectivity index (χ4v) is 9.64. The first-order chi connectivity index (χ1) is 23.8. The van der Waals surface area contributed by atoms with Crippen LogP contribution in [0.2, 0.25) is 10.0 Å². The number of thioether (sulfide) groups is 1. The average Bonchev–Trinajstić information content (AvgIpc) is 3.76. The second-order valence-electron chi connectivity index (χ2n) is 12.2. The number of carbonyl (C=O) groups is 2. The molecule has 3 aliphatic rings. The van der Waals surface area contributed by atoms with Gasteiger partial charge in [0, 0.05) is 43.4 Å². The number of ether oxygens (including phenoxy) is 3. The Hall–Kier alpha value is -3.37. The van der Waals surface area contributed by atoms with Crippen LogP contribution in [0.5, 0.6) is 11.5 Å². The molecule has 0 N–H and O–H groups in total. The van der Waals surface area contributed by atoms with Gasteiger partial charge in [0.2, 0.25) is 15.9 Å². The predicted molar refractivity (Wildman–Crippen MR) is 182 cm³/mol. The van der Waals surface area contributed by atoms with Crippen LogP contribution in [-0.4, -0.2) is 62.0 Å². The third-order valence-electron chi connectivity index (χ3n) is 8.64. The first-order valence-electron chi connectivity index (χ1n) is 15.8. The molecule has 3 aromatic rings. The zero-order valence-corrected chi connectivity index (χ0v) is 29.9. The number of fused-ring (bicyclic) bond motifs is 1. The van der Waals surface area contributed by atoms with Crippen LogP contribution >= 0.6 is 35.0 Å². The van der Waals surface area contributed by atoms with E-state index in [0.29, 0.717) is 46.7 Å². The largest absolute Gasteiger partial charge is 0.619 e. The van der Waals surface area contributed by atoms with Crippen LogP contribution in [0.4, 0.5) is 14.5 Å². The summed E-state index contributed by atoms with van der Waals surface area (Å²) < 4.78 is 72.5. The monoisotopic (exact) mass is 771 g/mol. The van der Waals surface area contributed by atoms with Gasteiger partial charge in [-0.15, -0.1) is 11.8 Å². The van der Waals surface area contributed by atoms with E-state index in [4.69, 9.17) is 32.7 Å². The van der Waals surface area contributed by atoms with E-state index < -0.39 is 34.1 Å². The topological polar surface area (TPSA) is 129 Å². The molecule has 1 aromatic heterocycles. The van der Waals surface area contributed by atoms with Crippen molar-refractivity contribution in [3.05, 3.63) is 80.7 Å². The van der Waals surface area contributed by atoms with E-state index in [0.717, 1.165) is 41.3 Å². The van der Waals surface area contributed by atoms with E-state index in [1.165, 1.54) is 31.2 Å². The zero-order chi connectivity index (χ0) is 35.7. The molecule has 0 radical (unpaired) electrons. The molecule has 11 nitrogen and oxygen atoms in total. The summed E-state index contributed by atoms with van der Waals surface area (Å²) in [6.07, 6.45) is 4.00. The fourth-order valence-electron chi connectivity index (χ4n) is 5.94. The highest BCUT2D eigenvalue weighted by atomic mass is 35.5. The van der Waals surface area contributed by atoms with Crippen molar-refractivity contribution in [1.82, 2.24) is 4.31 Å². The number of rotatable bonds is 12. The lowest BCUT2D eigenvalue weighted by atomic mass is 10.0. The Morgan fingerprint density at radius 3 is 2.50 bits per heavy atom. The Labute approximate surface area is 302 Å². The van der Waals surface area contributed by atoms with Crippen molar-refractivity contribution < 1.29 is 45.7 Å². The molecule has 1 saturated heterocycles. The Morgan fingerprint density at radius 1 is 1.08 bits per heavy atom. The minimum Gasteiger partial charge on any atom is -0.619 e. The number of nitrogens with zero attached hydrogens (tertiary/aromatic N) is 3. The molecule has 268 valence electrons. The number of esters is 1. The molecular weight excluding hydrogens is 739 g/mol. The van der Waals surface area contributed by atoms with E-state index >= 15 is 0 Å². The Balaban J connectivity index is 1.30. The van der Waals surface area contributed by atoms with Crippen LogP contribution in [0.15, 0.2) is 53.7 Å². The number of halogens is 4. The number of anilines is 1. The minimum atomic E-state index is -4.19. The number of amides is 1. The van der Waals surface area contributed by atoms with E-state index in [1.807, 2.05) is 0 Å². The van der Waals surface area contributed by atoms with Gasteiger partial charge in [0.05, 0.1) is 11.5 Å². The number of hydrogen-bond acceptors (Lipinski definition) is 9. The van der Waals surface area contributed by atoms with Gasteiger partial charge in [-0.1, -0.05) is 29.3 Å². The van der Waals surface area contributed by atoms with Gasteiger partial charge in [-0.2, -0.15) is 17.8 Å². The summed E-state index contributed by atoms with van der Waals surface area (Å²) in [6.45, 7) is -0.813. The van der Waals surface area contributed by atoms with E-state index in [2.05, 4.69) is 4.74 Å². The molecule has 0 bridgehead atoms. The first-order valence-corrected chi connectivity index (χ1v) is 19.1. The summed E-state index contributed by atoms with van der Waals surface area (Å²) in [5.41, 5.74) is 1.94. The van der Waals surface area contributed by atoms with Gasteiger partial charge in [-0.3, -0.25) is 4.79 Å². The zero-order valence-electron chi connectivity index (χ0n) is 26.7. The van der Waals surface area contributed by atoms with Crippen molar-refractivity contribution in [2.45, 2.75) is 62.0 Å². The molecular formula is C33H33Cl2F2N3O8S2. The molecule has 2 atom stereocenters. The SMILES string of the molecule is CC(=O)N1CCCc2cc(S(=O)(=O)N3CCSC3C(=O)OC(Cc3c(Cl)c[n+]([O-])cc3Cl)c3ccc(OC(F)F)c(OCC4CC4)c3)ccc21. The molecule has 1 aliphatic carbocycles. The minimum absolute atomic E-state index is 0.00777. The Morgan fingerprint density at radius 2 is 1.82 bits per heavy atom. The van der Waals surface area contributed by atoms with Crippen molar-refractivity contribution >= 4 is 62.6 Å². The van der Waals surface area contributed by atoms with Crippen molar-refractivity contribution in [3.8, 4) is 11.5 Å². The smallest absolute Gasteiger partial charge is 0.387 e. The highest BCUT2D eigenvalue weighted by Crippen LogP contribution is 2.40. The number of aromatic nitrogens is 1. The lowest BCUT2D eigenvalue weighted by Crippen LogP contribution is -2.41. The molecule has 3 heterocycles. The van der Waals surface area contributed by atoms with Crippen LogP contribution in [0.3, 0.4) is 0 Å². The molecule has 50 heavy (non-hydrogen) atoms. The molecule has 2 aliphatic heterocycles. The summed E-state index contributed by atoms with van der Waals surface area (Å²) in [5, 5.41) is 10.7. The van der Waals surface area contributed by atoms with E-state index in [1.54, 1.807) is 17.0 Å². The van der Waals surface area contributed by atoms with Gasteiger partial charge in [0.1, 0.15) is 16.1 Å². The standard InChI is InChI=1S/C33H33Cl2F2N3O8S2/c1-19(41)39-10-2-3-21-13-23(7-8-27(21)39)50(44,45)40-11-12-49-31(40)32(42)47-29(15-24-25(34)16-38(43)17-26(24)35)22-6-9-28(48-33(36)37)30(14-22)46-18-20-4-5-20/h6-9,13-14,16-17,20,29,31,33H,2-5,10-12,15,18H2,1H3. The fraction of sp³-hybridized carbons (Fsp3) is 0.424. The molecule has 17 heteroatoms. The number of carbonyl (C=O) groups excluding carboxylic acids is 2. The van der Waals surface area contributed by atoms with Crippen LogP contribution in [0.1, 0.15) is 49.0 Å². The third-order valence-corrected chi connectivity index (χ3v) is 12.5. The molecule has 2 aromatic carbocycles. The van der Waals surface area contributed by atoms with Gasteiger partial charge < -0.3 is 24.3 Å². The van der Waals surface area contributed by atoms with Gasteiger partial charge in [0.25, 0.3) is 0 Å². The first kappa shape index (κ1) is 36.4. The molecule has 0 spiro atoms. The van der Waals surface area contributed by atoms with E-state index in [9.17, 15) is 32.0 Å². The maximum absolute atomic E-state index is 14.0. The lowest BCUT2D eigenvalue weighted by Gasteiger charge is -2.29. The summed E-state index contributed by atoms with van der Waals surface area (Å²) in [6, 6.07) is 8.70. The maximum atomic E-state index is 14.0. The molecule has 2 fully saturated rings. The molecule has 1 saturated carbocycles. The highest BCUT2D eigenvalue weighted by Gasteiger charge is 2.43. The Kier molecular flexibility index (Phi) is 11.0. The summed E-state index contributed by atoms with van der Waals surface area (Å²) >= 11 is 13.8. The van der Waals surface area contributed by atoms with Crippen molar-refractivity contribution in [1.29, 1.82) is 0 Å². The third kappa shape index (κ3) is 8.07. The Bertz CT molecular complexity index is 1880. The van der Waals surface area contributed by atoms with Crippen LogP contribution in [0.25, 0.3) is 0 Å². The normalized spacial score (nSPS) is 18.5. The molecule has 1 amide bonds. The molecule has 6 rings (SSSR count). The van der Waals surface area contributed by atoms with Gasteiger partial charge >= 0.3 is 12.6 Å². The lowest BCUT2D eigenvalue weighted by molar-refractivity contribution is -0.605. The second-order valence-corrected chi connectivity index (χ2v) is 16.1. The number of pyridine rings is 1. The van der Waals surface area contributed by atoms with Crippen molar-refractivity contribution in [2.75, 3.05) is 30.3 Å². The van der Waals surface area contributed by atoms with Crippen LogP contribution in [-0.2, 0) is 37.2 Å². The average molecular weight is 773 g/mol. The summed E-state index contributed by atoms with van der Waals surface area (Å²) in [5.74, 6) is -0.629. The van der Waals surface area contributed by atoms with Gasteiger partial charge in [-0.05, 0) is 73.1 Å². The number of benzene rings is 2. The quantitative estimate of drug-likeness (QED) is 0.125. The molecule has 2 unspecified atom stereocenters. The highest BCUT2D eigenvalue weighted by molar-refractivity contribution is 8.02. The van der Waals surface area contributed by atoms with Gasteiger partial charge in [-0.25, -0.2) is 13.2 Å². The number of aryl methyl sites for hydroxylation is 1. The second kappa shape index (κ2) is 15.1. The van der Waals surface area contributed by atoms with Crippen molar-refractivity contribution in [3.63, 3.8) is 0 Å². The van der Waals surface area contributed by atoms with Crippen LogP contribution in [0, 0.1) is 11.1 Å². The van der Waals surface area contributed by atoms with Crippen LogP contribution < -0.4 is 19.1 Å². The summed E-state index contributed by atoms with van der Waals surface area (Å²) in [4.78, 5) is 27.7. The van der Waals surface area contributed by atoms with E-state index in [-0.39, 0.29) is 63.4 Å². The van der Waals surface area contributed by atoms with Crippen molar-refractivity contribution in [2.24, 2.45) is 5.92 Å². The predicted octanol–water partition coefficient (Wildman–Crippen LogP) is 5.91. The summed E-state index contributed by atoms with van der Waals surface area (Å²) in [7, 11) is -4.19. The number of sulfonamides is 1. The van der Waals surface area contributed by atoms with Gasteiger partial charge in [0.15, 0.2) is 29.3 Å². The number of alkyl halides is 2.